The summed E-state index contributed by atoms with van der Waals surface area (Å²) in [7, 11) is 2.93. The third-order valence-corrected chi connectivity index (χ3v) is 5.29. The van der Waals surface area contributed by atoms with Gasteiger partial charge in [0.2, 0.25) is 17.8 Å². The first-order valence-electron chi connectivity index (χ1n) is 10.3. The highest BCUT2D eigenvalue weighted by atomic mass is 19.1. The Bertz CT molecular complexity index is 875. The van der Waals surface area contributed by atoms with E-state index in [1.54, 1.807) is 12.1 Å². The number of hydrogen-bond donors (Lipinski definition) is 0. The molecular formula is C22H26F2N4O4. The highest BCUT2D eigenvalue weighted by Crippen LogP contribution is 2.23. The first-order chi connectivity index (χ1) is 15.4. The van der Waals surface area contributed by atoms with Gasteiger partial charge in [0.05, 0.1) is 14.2 Å². The van der Waals surface area contributed by atoms with E-state index in [2.05, 4.69) is 9.97 Å². The molecule has 4 heterocycles. The fourth-order valence-electron chi connectivity index (χ4n) is 3.49. The van der Waals surface area contributed by atoms with E-state index in [0.717, 1.165) is 5.69 Å². The second kappa shape index (κ2) is 10.8. The topological polar surface area (TPSA) is 84.9 Å². The smallest absolute Gasteiger partial charge is 0.218 e. The van der Waals surface area contributed by atoms with Crippen molar-refractivity contribution in [3.8, 4) is 11.6 Å². The van der Waals surface area contributed by atoms with Crippen molar-refractivity contribution in [1.29, 1.82) is 0 Å². The van der Waals surface area contributed by atoms with Crippen LogP contribution in [0.5, 0.6) is 11.6 Å². The number of anilines is 2. The maximum atomic E-state index is 13.2. The molecule has 8 nitrogen and oxygen atoms in total. The molecule has 0 atom stereocenters. The minimum Gasteiger partial charge on any atom is -0.496 e. The molecule has 0 spiro atoms. The molecule has 10 heteroatoms. The monoisotopic (exact) mass is 448 g/mol. The summed E-state index contributed by atoms with van der Waals surface area (Å²) in [6, 6.07) is 5.95. The normalized spacial score (nSPS) is 16.4. The van der Waals surface area contributed by atoms with Crippen LogP contribution in [-0.4, -0.2) is 61.9 Å². The summed E-state index contributed by atoms with van der Waals surface area (Å²) in [6.45, 7) is 2.45. The van der Waals surface area contributed by atoms with E-state index in [9.17, 15) is 18.4 Å². The summed E-state index contributed by atoms with van der Waals surface area (Å²) in [5.41, 5.74) is 0.719. The lowest BCUT2D eigenvalue weighted by atomic mass is 10.1. The number of carbonyl (C=O) groups excluding carboxylic acids is 2. The van der Waals surface area contributed by atoms with Gasteiger partial charge in [0, 0.05) is 81.8 Å². The van der Waals surface area contributed by atoms with Gasteiger partial charge in [0.1, 0.15) is 23.1 Å². The Morgan fingerprint density at radius 2 is 1.31 bits per heavy atom. The van der Waals surface area contributed by atoms with Crippen LogP contribution in [-0.2, 0) is 9.59 Å². The summed E-state index contributed by atoms with van der Waals surface area (Å²) in [4.78, 5) is 33.4. The van der Waals surface area contributed by atoms with Crippen LogP contribution in [0.4, 0.5) is 20.3 Å². The second-order valence-corrected chi connectivity index (χ2v) is 7.43. The molecule has 172 valence electrons. The number of ether oxygens (including phenoxy) is 2. The molecule has 0 N–H and O–H groups in total. The Balaban J connectivity index is 0.000000181. The maximum Gasteiger partial charge on any atom is 0.218 e. The first kappa shape index (κ1) is 23.4. The third kappa shape index (κ3) is 6.35. The van der Waals surface area contributed by atoms with E-state index in [0.29, 0.717) is 63.4 Å². The Kier molecular flexibility index (Phi) is 7.91. The van der Waals surface area contributed by atoms with E-state index in [1.165, 1.54) is 26.4 Å². The van der Waals surface area contributed by atoms with Crippen LogP contribution in [0.2, 0.25) is 0 Å². The van der Waals surface area contributed by atoms with E-state index in [1.807, 2.05) is 9.80 Å². The molecule has 4 rings (SSSR count). The first-order valence-corrected chi connectivity index (χ1v) is 10.3. The van der Waals surface area contributed by atoms with Crippen LogP contribution >= 0.6 is 0 Å². The largest absolute Gasteiger partial charge is 0.496 e. The number of Topliss-reactive ketones (excluding diaryl/α,β-unsaturated/α-hetero) is 2. The zero-order chi connectivity index (χ0) is 23.1. The number of halogens is 2. The van der Waals surface area contributed by atoms with Gasteiger partial charge >= 0.3 is 0 Å². The molecular weight excluding hydrogens is 422 g/mol. The maximum absolute atomic E-state index is 13.2. The van der Waals surface area contributed by atoms with Crippen molar-refractivity contribution in [2.45, 2.75) is 25.7 Å². The number of ketones is 2. The zero-order valence-electron chi connectivity index (χ0n) is 18.1. The average molecular weight is 448 g/mol. The lowest BCUT2D eigenvalue weighted by molar-refractivity contribution is -0.120. The fraction of sp³-hybridized carbons (Fsp3) is 0.455. The molecule has 32 heavy (non-hydrogen) atoms. The molecule has 2 aromatic rings. The predicted molar refractivity (Wildman–Crippen MR) is 114 cm³/mol. The van der Waals surface area contributed by atoms with Crippen molar-refractivity contribution >= 4 is 23.1 Å². The van der Waals surface area contributed by atoms with Crippen molar-refractivity contribution in [1.82, 2.24) is 9.97 Å². The number of nitrogens with zero attached hydrogens (tertiary/aromatic N) is 4. The molecule has 0 amide bonds. The van der Waals surface area contributed by atoms with E-state index < -0.39 is 11.9 Å². The minimum atomic E-state index is -0.564. The minimum absolute atomic E-state index is 0.250. The van der Waals surface area contributed by atoms with Crippen molar-refractivity contribution in [3.05, 3.63) is 36.2 Å². The van der Waals surface area contributed by atoms with Gasteiger partial charge in [-0.25, -0.2) is 4.98 Å². The van der Waals surface area contributed by atoms with Crippen molar-refractivity contribution in [3.63, 3.8) is 0 Å². The summed E-state index contributed by atoms with van der Waals surface area (Å²) in [5, 5.41) is 0. The van der Waals surface area contributed by atoms with Gasteiger partial charge in [0.15, 0.2) is 0 Å². The summed E-state index contributed by atoms with van der Waals surface area (Å²) < 4.78 is 36.2. The van der Waals surface area contributed by atoms with Gasteiger partial charge in [0.25, 0.3) is 0 Å². The molecule has 0 saturated carbocycles. The average Bonchev–Trinajstić information content (AvgIpc) is 2.79. The molecule has 0 aromatic carbocycles. The van der Waals surface area contributed by atoms with Crippen LogP contribution < -0.4 is 19.3 Å². The predicted octanol–water partition coefficient (Wildman–Crippen LogP) is 2.80. The Labute approximate surface area is 185 Å². The van der Waals surface area contributed by atoms with Gasteiger partial charge in [-0.2, -0.15) is 13.8 Å². The van der Waals surface area contributed by atoms with Crippen LogP contribution in [0.25, 0.3) is 0 Å². The van der Waals surface area contributed by atoms with Crippen LogP contribution in [0.15, 0.2) is 24.3 Å². The fourth-order valence-corrected chi connectivity index (χ4v) is 3.49. The van der Waals surface area contributed by atoms with Crippen LogP contribution in [0, 0.1) is 11.9 Å². The van der Waals surface area contributed by atoms with Crippen molar-refractivity contribution in [2.24, 2.45) is 0 Å². The van der Waals surface area contributed by atoms with Gasteiger partial charge in [-0.05, 0) is 0 Å². The molecule has 0 radical (unpaired) electrons. The summed E-state index contributed by atoms with van der Waals surface area (Å²) in [6.07, 6.45) is 2.04. The third-order valence-electron chi connectivity index (χ3n) is 5.29. The number of carbonyl (C=O) groups is 2. The Hall–Kier alpha value is -3.30. The number of piperidine rings is 2. The molecule has 2 saturated heterocycles. The van der Waals surface area contributed by atoms with Gasteiger partial charge in [-0.15, -0.1) is 0 Å². The number of methoxy groups -OCH3 is 2. The summed E-state index contributed by atoms with van der Waals surface area (Å²) in [5.74, 6) is 0.616. The molecule has 0 aliphatic carbocycles. The van der Waals surface area contributed by atoms with Crippen LogP contribution in [0.3, 0.4) is 0 Å². The van der Waals surface area contributed by atoms with Crippen molar-refractivity contribution < 1.29 is 27.8 Å². The summed E-state index contributed by atoms with van der Waals surface area (Å²) >= 11 is 0. The molecule has 0 bridgehead atoms. The SMILES string of the molecule is COc1cc(F)nc(N2CCC(=O)CC2)c1.COc1cc(N2CCC(=O)CC2)cc(F)n1. The number of pyridine rings is 2. The quantitative estimate of drug-likeness (QED) is 0.661. The standard InChI is InChI=1S/2C11H13FN2O2/c1-16-11-7-8(6-10(12)13-11)14-4-2-9(15)3-5-14;1-16-9-6-10(12)13-11(7-9)14-4-2-8(15)3-5-14/h2*6-7H,2-5H2,1H3. The lowest BCUT2D eigenvalue weighted by Crippen LogP contribution is -2.34. The number of rotatable bonds is 4. The molecule has 2 aliphatic rings. The Morgan fingerprint density at radius 1 is 0.750 bits per heavy atom. The Morgan fingerprint density at radius 3 is 1.88 bits per heavy atom. The van der Waals surface area contributed by atoms with E-state index in [-0.39, 0.29) is 17.4 Å². The number of aromatic nitrogens is 2. The molecule has 2 aromatic heterocycles. The van der Waals surface area contributed by atoms with E-state index >= 15 is 0 Å². The number of hydrogen-bond acceptors (Lipinski definition) is 8. The van der Waals surface area contributed by atoms with Crippen LogP contribution in [0.1, 0.15) is 25.7 Å². The highest BCUT2D eigenvalue weighted by molar-refractivity contribution is 5.81. The van der Waals surface area contributed by atoms with Gasteiger partial charge < -0.3 is 19.3 Å². The lowest BCUT2D eigenvalue weighted by Gasteiger charge is -2.28. The van der Waals surface area contributed by atoms with Crippen molar-refractivity contribution in [2.75, 3.05) is 50.2 Å². The zero-order valence-corrected chi connectivity index (χ0v) is 18.1. The highest BCUT2D eigenvalue weighted by Gasteiger charge is 2.19. The molecule has 2 fully saturated rings. The molecule has 0 unspecified atom stereocenters. The second-order valence-electron chi connectivity index (χ2n) is 7.43. The van der Waals surface area contributed by atoms with Gasteiger partial charge in [-0.3, -0.25) is 9.59 Å². The van der Waals surface area contributed by atoms with Gasteiger partial charge in [-0.1, -0.05) is 0 Å². The molecule has 2 aliphatic heterocycles. The van der Waals surface area contributed by atoms with E-state index in [4.69, 9.17) is 9.47 Å².